The number of oxazole rings is 1. The largest absolute Gasteiger partial charge is 0.481 e. The monoisotopic (exact) mass is 664 g/mol. The Hall–Kier alpha value is -5.68. The zero-order valence-electron chi connectivity index (χ0n) is 27.0. The molecule has 1 aliphatic heterocycles. The molecule has 0 bridgehead atoms. The number of nitrogens with zero attached hydrogens (tertiary/aromatic N) is 2. The number of hydrogen-bond donors (Lipinski definition) is 2. The number of benzene rings is 4. The number of carboxylic acid groups (broad SMARTS) is 2. The van der Waals surface area contributed by atoms with E-state index in [1.54, 1.807) is 11.0 Å². The fourth-order valence-electron chi connectivity index (χ4n) is 6.32. The molecule has 4 unspecified atom stereocenters. The number of aliphatic carboxylic acids is 2. The Morgan fingerprint density at radius 3 is 2.45 bits per heavy atom. The van der Waals surface area contributed by atoms with Gasteiger partial charge in [-0.05, 0) is 71.7 Å². The molecule has 6 rings (SSSR count). The van der Waals surface area contributed by atoms with Gasteiger partial charge in [-0.3, -0.25) is 14.4 Å². The van der Waals surface area contributed by atoms with E-state index < -0.39 is 42.3 Å². The number of hydrogen-bond acceptors (Lipinski definition) is 8. The molecule has 4 aromatic carbocycles. The Balaban J connectivity index is 1.39. The number of ether oxygens (including phenoxy) is 3. The first kappa shape index (κ1) is 33.2. The highest BCUT2D eigenvalue weighted by atomic mass is 16.7. The first-order valence-corrected chi connectivity index (χ1v) is 15.9. The van der Waals surface area contributed by atoms with Crippen LogP contribution in [0.15, 0.2) is 95.4 Å². The van der Waals surface area contributed by atoms with E-state index in [4.69, 9.17) is 18.6 Å². The van der Waals surface area contributed by atoms with Crippen LogP contribution in [0.3, 0.4) is 0 Å². The van der Waals surface area contributed by atoms with Crippen molar-refractivity contribution in [3.63, 3.8) is 0 Å². The molecule has 252 valence electrons. The number of carboxylic acids is 2. The van der Waals surface area contributed by atoms with E-state index in [0.717, 1.165) is 27.4 Å². The van der Waals surface area contributed by atoms with Gasteiger partial charge in [0.05, 0.1) is 6.42 Å². The minimum absolute atomic E-state index is 0.0961. The molecule has 2 N–H and O–H groups in total. The lowest BCUT2D eigenvalue weighted by atomic mass is 9.86. The lowest BCUT2D eigenvalue weighted by Gasteiger charge is -2.38. The van der Waals surface area contributed by atoms with Crippen molar-refractivity contribution in [1.82, 2.24) is 9.88 Å². The van der Waals surface area contributed by atoms with Gasteiger partial charge in [-0.15, -0.1) is 0 Å². The van der Waals surface area contributed by atoms with E-state index in [2.05, 4.69) is 4.98 Å². The third-order valence-electron chi connectivity index (χ3n) is 8.88. The van der Waals surface area contributed by atoms with Crippen LogP contribution in [0.2, 0.25) is 0 Å². The maximum absolute atomic E-state index is 14.5. The third kappa shape index (κ3) is 7.42. The van der Waals surface area contributed by atoms with Crippen molar-refractivity contribution in [1.29, 1.82) is 0 Å². The molecule has 0 radical (unpaired) electrons. The molecule has 11 heteroatoms. The summed E-state index contributed by atoms with van der Waals surface area (Å²) in [5.74, 6) is -3.76. The van der Waals surface area contributed by atoms with Crippen molar-refractivity contribution >= 4 is 45.8 Å². The predicted octanol–water partition coefficient (Wildman–Crippen LogP) is 6.50. The van der Waals surface area contributed by atoms with Gasteiger partial charge < -0.3 is 33.7 Å². The van der Waals surface area contributed by atoms with Gasteiger partial charge in [0.25, 0.3) is 5.91 Å². The summed E-state index contributed by atoms with van der Waals surface area (Å²) in [5, 5.41) is 21.5. The molecule has 0 aliphatic carbocycles. The van der Waals surface area contributed by atoms with Crippen LogP contribution in [-0.4, -0.2) is 64.0 Å². The summed E-state index contributed by atoms with van der Waals surface area (Å²) in [6, 6.07) is 26.3. The van der Waals surface area contributed by atoms with Gasteiger partial charge in [0.15, 0.2) is 17.1 Å². The maximum Gasteiger partial charge on any atom is 0.310 e. The van der Waals surface area contributed by atoms with Gasteiger partial charge in [-0.1, -0.05) is 60.7 Å². The Morgan fingerprint density at radius 2 is 1.69 bits per heavy atom. The standard InChI is InChI=1S/C38H36N2O9/c1-23(28(27-16-17-32-33(19-27)48-22-47-32)10-7-13-34-39-30-11-5-6-12-31(30)49-34)40(21-24-14-15-25-8-3-4-9-26(25)18-24)37(43)36(46-2)29(38(44)45)20-35(41)42/h3-9,11-19,23,28-29,36H,10,20-22H2,1-2H3,(H,41,42)(H,44,45). The topological polar surface area (TPSA) is 149 Å². The predicted molar refractivity (Wildman–Crippen MR) is 181 cm³/mol. The minimum atomic E-state index is -1.61. The van der Waals surface area contributed by atoms with Gasteiger partial charge in [-0.2, -0.15) is 0 Å². The van der Waals surface area contributed by atoms with Gasteiger partial charge >= 0.3 is 11.9 Å². The minimum Gasteiger partial charge on any atom is -0.481 e. The van der Waals surface area contributed by atoms with Crippen molar-refractivity contribution in [2.24, 2.45) is 5.92 Å². The Bertz CT molecular complexity index is 1990. The fourth-order valence-corrected chi connectivity index (χ4v) is 6.32. The summed E-state index contributed by atoms with van der Waals surface area (Å²) in [4.78, 5) is 44.6. The Morgan fingerprint density at radius 1 is 0.939 bits per heavy atom. The molecule has 0 saturated heterocycles. The number of carbonyl (C=O) groups excluding carboxylic acids is 1. The smallest absolute Gasteiger partial charge is 0.310 e. The Kier molecular flexibility index (Phi) is 9.91. The van der Waals surface area contributed by atoms with Crippen LogP contribution in [0.5, 0.6) is 11.5 Å². The highest BCUT2D eigenvalue weighted by Gasteiger charge is 2.40. The van der Waals surface area contributed by atoms with Crippen LogP contribution < -0.4 is 9.47 Å². The normalized spacial score (nSPS) is 14.9. The van der Waals surface area contributed by atoms with Crippen LogP contribution in [0, 0.1) is 5.92 Å². The summed E-state index contributed by atoms with van der Waals surface area (Å²) in [7, 11) is 1.22. The summed E-state index contributed by atoms with van der Waals surface area (Å²) in [6.45, 7) is 2.10. The molecule has 5 aromatic rings. The molecule has 0 spiro atoms. The average molecular weight is 665 g/mol. The average Bonchev–Trinajstić information content (AvgIpc) is 3.75. The zero-order chi connectivity index (χ0) is 34.5. The SMILES string of the molecule is COC(C(=O)N(Cc1ccc2ccccc2c1)C(C)C(CC=Cc1nc2ccccc2o1)c1ccc2c(c1)OCO2)C(CC(=O)O)C(=O)O. The fraction of sp³-hybridized carbons (Fsp3) is 0.263. The number of para-hydroxylation sites is 2. The van der Waals surface area contributed by atoms with Crippen LogP contribution in [0.1, 0.15) is 42.7 Å². The highest BCUT2D eigenvalue weighted by Crippen LogP contribution is 2.38. The molecule has 0 fully saturated rings. The van der Waals surface area contributed by atoms with E-state index in [0.29, 0.717) is 29.4 Å². The first-order chi connectivity index (χ1) is 23.7. The number of aromatic nitrogens is 1. The molecule has 2 heterocycles. The van der Waals surface area contributed by atoms with E-state index in [-0.39, 0.29) is 19.3 Å². The summed E-state index contributed by atoms with van der Waals surface area (Å²) >= 11 is 0. The van der Waals surface area contributed by atoms with E-state index >= 15 is 0 Å². The lowest BCUT2D eigenvalue weighted by molar-refractivity contribution is -0.162. The van der Waals surface area contributed by atoms with Gasteiger partial charge in [0, 0.05) is 25.6 Å². The van der Waals surface area contributed by atoms with Crippen molar-refractivity contribution in [3.8, 4) is 11.5 Å². The van der Waals surface area contributed by atoms with Gasteiger partial charge in [0.1, 0.15) is 17.5 Å². The molecule has 11 nitrogen and oxygen atoms in total. The molecule has 4 atom stereocenters. The van der Waals surface area contributed by atoms with Gasteiger partial charge in [0.2, 0.25) is 12.7 Å². The molecule has 1 amide bonds. The lowest BCUT2D eigenvalue weighted by Crippen LogP contribution is -2.50. The van der Waals surface area contributed by atoms with E-state index in [1.165, 1.54) is 7.11 Å². The van der Waals surface area contributed by atoms with Crippen molar-refractivity contribution in [3.05, 3.63) is 108 Å². The molecular weight excluding hydrogens is 628 g/mol. The number of rotatable bonds is 14. The number of fused-ring (bicyclic) bond motifs is 3. The molecule has 0 saturated carbocycles. The van der Waals surface area contributed by atoms with Crippen molar-refractivity contribution in [2.75, 3.05) is 13.9 Å². The molecule has 1 aliphatic rings. The van der Waals surface area contributed by atoms with Crippen LogP contribution in [0.25, 0.3) is 27.9 Å². The van der Waals surface area contributed by atoms with Crippen LogP contribution in [-0.2, 0) is 25.7 Å². The number of amides is 1. The summed E-state index contributed by atoms with van der Waals surface area (Å²) in [6.07, 6.45) is 1.80. The maximum atomic E-state index is 14.5. The quantitative estimate of drug-likeness (QED) is 0.135. The zero-order valence-corrected chi connectivity index (χ0v) is 27.0. The number of allylic oxidation sites excluding steroid dienone is 1. The van der Waals surface area contributed by atoms with Gasteiger partial charge in [-0.25, -0.2) is 4.98 Å². The number of carbonyl (C=O) groups is 3. The summed E-state index contributed by atoms with van der Waals surface area (Å²) in [5.41, 5.74) is 3.06. The second-order valence-corrected chi connectivity index (χ2v) is 12.0. The highest BCUT2D eigenvalue weighted by molar-refractivity contribution is 5.89. The van der Waals surface area contributed by atoms with Crippen LogP contribution >= 0.6 is 0 Å². The second kappa shape index (κ2) is 14.6. The third-order valence-corrected chi connectivity index (χ3v) is 8.88. The second-order valence-electron chi connectivity index (χ2n) is 12.0. The molecule has 1 aromatic heterocycles. The number of methoxy groups -OCH3 is 1. The van der Waals surface area contributed by atoms with Crippen molar-refractivity contribution < 1.29 is 43.2 Å². The van der Waals surface area contributed by atoms with E-state index in [9.17, 15) is 24.6 Å². The van der Waals surface area contributed by atoms with Crippen molar-refractivity contribution in [2.45, 2.75) is 44.4 Å². The molecule has 49 heavy (non-hydrogen) atoms. The molecular formula is C38H36N2O9. The van der Waals surface area contributed by atoms with E-state index in [1.807, 2.05) is 97.9 Å². The Labute approximate surface area is 282 Å². The first-order valence-electron chi connectivity index (χ1n) is 15.9. The van der Waals surface area contributed by atoms with Crippen LogP contribution in [0.4, 0.5) is 0 Å². The summed E-state index contributed by atoms with van der Waals surface area (Å²) < 4.78 is 22.6.